The van der Waals surface area contributed by atoms with Gasteiger partial charge in [0.25, 0.3) is 0 Å². The lowest BCUT2D eigenvalue weighted by atomic mass is 9.93. The van der Waals surface area contributed by atoms with E-state index in [1.165, 1.54) is 18.4 Å². The summed E-state index contributed by atoms with van der Waals surface area (Å²) in [6.45, 7) is 7.62. The standard InChI is InChI=1S/C26H39N7O/c1-3-19-14-24(19)30-26-28-16-22(25(31-26)29-20-5-7-21(34)8-6-20)23-9-4-18(15-27-23)17-33-12-10-32(2)11-13-33/h4,9,15-16,19-21,24,34H,3,5-8,10-14,17H2,1-2H3,(H2,28,29,30,31)/t19?,20-,21-,24?. The fourth-order valence-electron chi connectivity index (χ4n) is 5.15. The van der Waals surface area contributed by atoms with Gasteiger partial charge in [0.15, 0.2) is 0 Å². The Bertz CT molecular complexity index is 937. The van der Waals surface area contributed by atoms with Crippen LogP contribution in [0.5, 0.6) is 0 Å². The highest BCUT2D eigenvalue weighted by molar-refractivity contribution is 5.73. The van der Waals surface area contributed by atoms with Gasteiger partial charge in [-0.25, -0.2) is 4.98 Å². The third-order valence-corrected chi connectivity index (χ3v) is 7.69. The van der Waals surface area contributed by atoms with Crippen molar-refractivity contribution in [3.8, 4) is 11.3 Å². The van der Waals surface area contributed by atoms with E-state index in [0.29, 0.717) is 18.0 Å². The van der Waals surface area contributed by atoms with Gasteiger partial charge in [0.05, 0.1) is 17.4 Å². The van der Waals surface area contributed by atoms with Crippen molar-refractivity contribution >= 4 is 11.8 Å². The highest BCUT2D eigenvalue weighted by Crippen LogP contribution is 2.36. The predicted octanol–water partition coefficient (Wildman–Crippen LogP) is 3.21. The van der Waals surface area contributed by atoms with Crippen LogP contribution in [0.25, 0.3) is 11.3 Å². The highest BCUT2D eigenvalue weighted by atomic mass is 16.3. The predicted molar refractivity (Wildman–Crippen MR) is 136 cm³/mol. The Hall–Kier alpha value is -2.29. The molecule has 0 radical (unpaired) electrons. The second-order valence-corrected chi connectivity index (χ2v) is 10.4. The molecule has 3 heterocycles. The van der Waals surface area contributed by atoms with E-state index in [1.807, 2.05) is 12.4 Å². The van der Waals surface area contributed by atoms with Gasteiger partial charge < -0.3 is 20.6 Å². The number of anilines is 2. The van der Waals surface area contributed by atoms with Gasteiger partial charge in [0.1, 0.15) is 5.82 Å². The minimum absolute atomic E-state index is 0.171. The summed E-state index contributed by atoms with van der Waals surface area (Å²) in [7, 11) is 2.18. The van der Waals surface area contributed by atoms with Crippen molar-refractivity contribution in [1.29, 1.82) is 0 Å². The molecule has 2 aromatic heterocycles. The quantitative estimate of drug-likeness (QED) is 0.548. The zero-order valence-corrected chi connectivity index (χ0v) is 20.6. The van der Waals surface area contributed by atoms with Crippen LogP contribution in [0.4, 0.5) is 11.8 Å². The molecular weight excluding hydrogens is 426 g/mol. The van der Waals surface area contributed by atoms with E-state index in [4.69, 9.17) is 9.97 Å². The zero-order chi connectivity index (χ0) is 23.5. The van der Waals surface area contributed by atoms with Crippen LogP contribution in [0.2, 0.25) is 0 Å². The van der Waals surface area contributed by atoms with Crippen LogP contribution in [0.1, 0.15) is 51.0 Å². The lowest BCUT2D eigenvalue weighted by molar-refractivity contribution is 0.126. The van der Waals surface area contributed by atoms with Crippen LogP contribution in [0.3, 0.4) is 0 Å². The van der Waals surface area contributed by atoms with E-state index >= 15 is 0 Å². The maximum Gasteiger partial charge on any atom is 0.224 e. The summed E-state index contributed by atoms with van der Waals surface area (Å²) in [6, 6.07) is 5.08. The largest absolute Gasteiger partial charge is 0.393 e. The molecule has 0 aromatic carbocycles. The summed E-state index contributed by atoms with van der Waals surface area (Å²) in [4.78, 5) is 19.2. The molecule has 34 heavy (non-hydrogen) atoms. The fourth-order valence-corrected chi connectivity index (χ4v) is 5.15. The second kappa shape index (κ2) is 10.5. The number of aliphatic hydroxyl groups excluding tert-OH is 1. The first kappa shape index (κ1) is 23.5. The number of nitrogens with one attached hydrogen (secondary N) is 2. The number of hydrogen-bond donors (Lipinski definition) is 3. The van der Waals surface area contributed by atoms with E-state index in [0.717, 1.165) is 81.4 Å². The number of aliphatic hydroxyl groups is 1. The maximum atomic E-state index is 9.90. The van der Waals surface area contributed by atoms with Crippen molar-refractivity contribution in [3.05, 3.63) is 30.1 Å². The summed E-state index contributed by atoms with van der Waals surface area (Å²) in [5.74, 6) is 2.26. The minimum Gasteiger partial charge on any atom is -0.393 e. The molecule has 1 saturated heterocycles. The van der Waals surface area contributed by atoms with Gasteiger partial charge in [-0.1, -0.05) is 19.4 Å². The third kappa shape index (κ3) is 5.85. The van der Waals surface area contributed by atoms with Crippen LogP contribution >= 0.6 is 0 Å². The third-order valence-electron chi connectivity index (χ3n) is 7.69. The Labute approximate surface area is 203 Å². The number of hydrogen-bond acceptors (Lipinski definition) is 8. The van der Waals surface area contributed by atoms with Crippen molar-refractivity contribution in [1.82, 2.24) is 24.8 Å². The molecule has 0 amide bonds. The van der Waals surface area contributed by atoms with E-state index in [1.54, 1.807) is 0 Å². The molecule has 1 aliphatic heterocycles. The Morgan fingerprint density at radius 1 is 1.00 bits per heavy atom. The SMILES string of the molecule is CCC1CC1Nc1ncc(-c2ccc(CN3CCN(C)CC3)cn2)c(N[C@H]2CC[C@H](O)CC2)n1. The van der Waals surface area contributed by atoms with Gasteiger partial charge in [-0.15, -0.1) is 0 Å². The Kier molecular flexibility index (Phi) is 7.27. The van der Waals surface area contributed by atoms with Gasteiger partial charge in [-0.3, -0.25) is 9.88 Å². The van der Waals surface area contributed by atoms with Gasteiger partial charge in [0, 0.05) is 57.2 Å². The summed E-state index contributed by atoms with van der Waals surface area (Å²) in [5, 5.41) is 17.1. The first-order valence-electron chi connectivity index (χ1n) is 13.0. The van der Waals surface area contributed by atoms with Crippen molar-refractivity contribution in [2.24, 2.45) is 5.92 Å². The molecule has 0 bridgehead atoms. The van der Waals surface area contributed by atoms with Crippen LogP contribution in [0, 0.1) is 5.92 Å². The number of likely N-dealkylation sites (N-methyl/N-ethyl adjacent to an activating group) is 1. The molecule has 2 atom stereocenters. The van der Waals surface area contributed by atoms with Crippen molar-refractivity contribution in [3.63, 3.8) is 0 Å². The normalized spacial score (nSPS) is 28.0. The molecular formula is C26H39N7O. The summed E-state index contributed by atoms with van der Waals surface area (Å²) in [6.07, 6.45) is 9.69. The Morgan fingerprint density at radius 3 is 2.47 bits per heavy atom. The van der Waals surface area contributed by atoms with Crippen LogP contribution in [-0.4, -0.2) is 81.3 Å². The first-order valence-corrected chi connectivity index (χ1v) is 13.0. The maximum absolute atomic E-state index is 9.90. The zero-order valence-electron chi connectivity index (χ0n) is 20.6. The second-order valence-electron chi connectivity index (χ2n) is 10.4. The van der Waals surface area contributed by atoms with E-state index in [-0.39, 0.29) is 6.10 Å². The molecule has 8 heteroatoms. The number of nitrogens with zero attached hydrogens (tertiary/aromatic N) is 5. The lowest BCUT2D eigenvalue weighted by Gasteiger charge is -2.32. The van der Waals surface area contributed by atoms with Gasteiger partial charge in [-0.05, 0) is 56.7 Å². The number of rotatable bonds is 8. The van der Waals surface area contributed by atoms with Gasteiger partial charge in [-0.2, -0.15) is 4.98 Å². The van der Waals surface area contributed by atoms with E-state index in [9.17, 15) is 5.11 Å². The molecule has 3 aliphatic rings. The number of piperazine rings is 1. The molecule has 2 aromatic rings. The van der Waals surface area contributed by atoms with Crippen LogP contribution in [0.15, 0.2) is 24.5 Å². The summed E-state index contributed by atoms with van der Waals surface area (Å²) < 4.78 is 0. The van der Waals surface area contributed by atoms with Crippen LogP contribution in [-0.2, 0) is 6.54 Å². The van der Waals surface area contributed by atoms with Crippen molar-refractivity contribution < 1.29 is 5.11 Å². The molecule has 8 nitrogen and oxygen atoms in total. The van der Waals surface area contributed by atoms with Gasteiger partial charge >= 0.3 is 0 Å². The molecule has 5 rings (SSSR count). The summed E-state index contributed by atoms with van der Waals surface area (Å²) >= 11 is 0. The average Bonchev–Trinajstić information content (AvgIpc) is 3.61. The molecule has 2 saturated carbocycles. The van der Waals surface area contributed by atoms with Crippen molar-refractivity contribution in [2.75, 3.05) is 43.9 Å². The molecule has 0 spiro atoms. The molecule has 3 N–H and O–H groups in total. The Morgan fingerprint density at radius 2 is 1.79 bits per heavy atom. The fraction of sp³-hybridized carbons (Fsp3) is 0.654. The first-order chi connectivity index (χ1) is 16.6. The number of pyridine rings is 1. The molecule has 2 unspecified atom stereocenters. The van der Waals surface area contributed by atoms with Crippen molar-refractivity contribution in [2.45, 2.75) is 70.2 Å². The number of aromatic nitrogens is 3. The van der Waals surface area contributed by atoms with E-state index < -0.39 is 0 Å². The average molecular weight is 466 g/mol. The monoisotopic (exact) mass is 465 g/mol. The molecule has 3 fully saturated rings. The Balaban J connectivity index is 1.31. The minimum atomic E-state index is -0.171. The summed E-state index contributed by atoms with van der Waals surface area (Å²) in [5.41, 5.74) is 3.07. The molecule has 184 valence electrons. The van der Waals surface area contributed by atoms with E-state index in [2.05, 4.69) is 51.5 Å². The van der Waals surface area contributed by atoms with Gasteiger partial charge in [0.2, 0.25) is 5.95 Å². The lowest BCUT2D eigenvalue weighted by Crippen LogP contribution is -2.43. The highest BCUT2D eigenvalue weighted by Gasteiger charge is 2.36. The smallest absolute Gasteiger partial charge is 0.224 e. The van der Waals surface area contributed by atoms with Crippen LogP contribution < -0.4 is 10.6 Å². The topological polar surface area (TPSA) is 89.4 Å². The molecule has 2 aliphatic carbocycles.